The molecular formula is C18H14N6O2S. The van der Waals surface area contributed by atoms with Gasteiger partial charge in [-0.15, -0.1) is 25.5 Å². The summed E-state index contributed by atoms with van der Waals surface area (Å²) >= 11 is 1.15. The monoisotopic (exact) mass is 378 g/mol. The number of aromatic nitrogens is 3. The minimum Gasteiger partial charge on any atom is -0.493 e. The van der Waals surface area contributed by atoms with Crippen molar-refractivity contribution in [3.63, 3.8) is 0 Å². The van der Waals surface area contributed by atoms with Crippen LogP contribution >= 0.6 is 11.3 Å². The van der Waals surface area contributed by atoms with Gasteiger partial charge >= 0.3 is 0 Å². The van der Waals surface area contributed by atoms with E-state index in [0.29, 0.717) is 27.2 Å². The van der Waals surface area contributed by atoms with Gasteiger partial charge in [-0.2, -0.15) is 4.68 Å². The molecule has 4 rings (SSSR count). The fourth-order valence-corrected chi connectivity index (χ4v) is 3.10. The van der Waals surface area contributed by atoms with Gasteiger partial charge in [0.15, 0.2) is 5.00 Å². The van der Waals surface area contributed by atoms with Gasteiger partial charge < -0.3 is 10.2 Å². The summed E-state index contributed by atoms with van der Waals surface area (Å²) in [6, 6.07) is 16.2. The van der Waals surface area contributed by atoms with Gasteiger partial charge in [-0.3, -0.25) is 0 Å². The molecule has 0 atom stereocenters. The maximum absolute atomic E-state index is 10.3. The first kappa shape index (κ1) is 16.9. The molecule has 2 heterocycles. The molecule has 9 heteroatoms. The van der Waals surface area contributed by atoms with E-state index in [1.807, 2.05) is 30.3 Å². The predicted octanol–water partition coefficient (Wildman–Crippen LogP) is 3.99. The van der Waals surface area contributed by atoms with Gasteiger partial charge in [-0.1, -0.05) is 41.7 Å². The zero-order valence-corrected chi connectivity index (χ0v) is 15.0. The van der Waals surface area contributed by atoms with Gasteiger partial charge in [0.25, 0.3) is 4.80 Å². The molecule has 8 nitrogen and oxygen atoms in total. The van der Waals surface area contributed by atoms with Gasteiger partial charge in [0.1, 0.15) is 0 Å². The Morgan fingerprint density at radius 3 is 2.15 bits per heavy atom. The molecule has 27 heavy (non-hydrogen) atoms. The molecular weight excluding hydrogens is 364 g/mol. The van der Waals surface area contributed by atoms with E-state index in [2.05, 4.69) is 25.5 Å². The van der Waals surface area contributed by atoms with Crippen LogP contribution in [0, 0.1) is 6.92 Å². The molecule has 0 saturated heterocycles. The molecule has 2 N–H and O–H groups in total. The van der Waals surface area contributed by atoms with E-state index in [4.69, 9.17) is 0 Å². The summed E-state index contributed by atoms with van der Waals surface area (Å²) < 4.78 is 1.03. The number of fused-ring (bicyclic) bond motifs is 1. The fraction of sp³-hybridized carbons (Fsp3) is 0.0556. The average molecular weight is 378 g/mol. The third kappa shape index (κ3) is 3.27. The second-order valence-electron chi connectivity index (χ2n) is 5.62. The van der Waals surface area contributed by atoms with Crippen molar-refractivity contribution in [3.8, 4) is 11.8 Å². The Morgan fingerprint density at radius 1 is 0.852 bits per heavy atom. The molecule has 134 valence electrons. The van der Waals surface area contributed by atoms with E-state index in [0.717, 1.165) is 16.0 Å². The van der Waals surface area contributed by atoms with Crippen LogP contribution in [0.4, 0.5) is 10.7 Å². The molecule has 0 bridgehead atoms. The van der Waals surface area contributed by atoms with Crippen molar-refractivity contribution >= 4 is 32.8 Å². The quantitative estimate of drug-likeness (QED) is 0.525. The molecule has 0 saturated carbocycles. The maximum atomic E-state index is 10.3. The lowest BCUT2D eigenvalue weighted by molar-refractivity contribution is 0.384. The number of aryl methyl sites for hydroxylation is 1. The molecule has 0 aliphatic heterocycles. The Bertz CT molecular complexity index is 1170. The minimum atomic E-state index is -0.176. The number of azo groups is 1. The van der Waals surface area contributed by atoms with Crippen LogP contribution in [0.15, 0.2) is 69.9 Å². The highest BCUT2D eigenvalue weighted by Gasteiger charge is 2.15. The second-order valence-corrected chi connectivity index (χ2v) is 6.57. The van der Waals surface area contributed by atoms with E-state index in [9.17, 15) is 10.2 Å². The Morgan fingerprint density at radius 2 is 1.48 bits per heavy atom. The molecule has 4 aromatic rings. The molecule has 0 aliphatic rings. The lowest BCUT2D eigenvalue weighted by atomic mass is 10.2. The topological polar surface area (TPSA) is 108 Å². The van der Waals surface area contributed by atoms with Gasteiger partial charge in [-0.25, -0.2) is 0 Å². The Balaban J connectivity index is 1.78. The number of hydrogen-bond acceptors (Lipinski definition) is 8. The first-order valence-electron chi connectivity index (χ1n) is 8.01. The normalized spacial score (nSPS) is 12.3. The van der Waals surface area contributed by atoms with Crippen LogP contribution in [-0.4, -0.2) is 25.1 Å². The van der Waals surface area contributed by atoms with E-state index < -0.39 is 0 Å². The lowest BCUT2D eigenvalue weighted by Gasteiger charge is -1.99. The van der Waals surface area contributed by atoms with Crippen LogP contribution < -0.4 is 4.80 Å². The Labute approximate surface area is 157 Å². The van der Waals surface area contributed by atoms with E-state index >= 15 is 0 Å². The molecule has 0 fully saturated rings. The summed E-state index contributed by atoms with van der Waals surface area (Å²) in [5.74, 6) is -0.352. The summed E-state index contributed by atoms with van der Waals surface area (Å²) in [6.45, 7) is 1.77. The molecule has 0 radical (unpaired) electrons. The highest BCUT2D eigenvalue weighted by molar-refractivity contribution is 7.12. The summed E-state index contributed by atoms with van der Waals surface area (Å²) in [6.07, 6.45) is 0. The summed E-state index contributed by atoms with van der Waals surface area (Å²) in [4.78, 5) is 0.216. The molecule has 0 amide bonds. The van der Waals surface area contributed by atoms with E-state index in [-0.39, 0.29) is 16.6 Å². The lowest BCUT2D eigenvalue weighted by Crippen LogP contribution is -2.08. The maximum Gasteiger partial charge on any atom is 0.250 e. The number of aromatic hydroxyl groups is 2. The van der Waals surface area contributed by atoms with Crippen molar-refractivity contribution in [2.75, 3.05) is 0 Å². The number of rotatable bonds is 3. The van der Waals surface area contributed by atoms with Crippen LogP contribution in [0.3, 0.4) is 0 Å². The van der Waals surface area contributed by atoms with Crippen LogP contribution in [0.5, 0.6) is 11.8 Å². The molecule has 2 aromatic heterocycles. The van der Waals surface area contributed by atoms with Crippen LogP contribution in [0.25, 0.3) is 10.8 Å². The van der Waals surface area contributed by atoms with Gasteiger partial charge in [-0.05, 0) is 31.2 Å². The number of benzene rings is 2. The first-order chi connectivity index (χ1) is 13.1. The zero-order valence-electron chi connectivity index (χ0n) is 14.2. The Hall–Kier alpha value is -3.59. The zero-order chi connectivity index (χ0) is 18.8. The third-order valence-corrected chi connectivity index (χ3v) is 4.71. The van der Waals surface area contributed by atoms with Crippen LogP contribution in [0.2, 0.25) is 0 Å². The standard InChI is InChI=1S/C18H14N6O2S/c1-11-15(21-20-12-7-3-2-4-8-12)27-18(22-19-11)23-24-16(25)13-9-5-6-10-14(13)17(24)26/h2-10,25-26H,1H3/b21-20?,23-18+. The molecule has 2 aromatic carbocycles. The fourth-order valence-electron chi connectivity index (χ4n) is 2.45. The van der Waals surface area contributed by atoms with Gasteiger partial charge in [0.2, 0.25) is 11.8 Å². The predicted molar refractivity (Wildman–Crippen MR) is 101 cm³/mol. The van der Waals surface area contributed by atoms with Crippen molar-refractivity contribution in [3.05, 3.63) is 65.1 Å². The van der Waals surface area contributed by atoms with E-state index in [1.165, 1.54) is 0 Å². The highest BCUT2D eigenvalue weighted by atomic mass is 32.1. The smallest absolute Gasteiger partial charge is 0.250 e. The first-order valence-corrected chi connectivity index (χ1v) is 8.83. The Kier molecular flexibility index (Phi) is 4.35. The summed E-state index contributed by atoms with van der Waals surface area (Å²) in [5, 5.41) is 42.8. The van der Waals surface area contributed by atoms with E-state index in [1.54, 1.807) is 31.2 Å². The number of nitrogens with zero attached hydrogens (tertiary/aromatic N) is 6. The average Bonchev–Trinajstić information content (AvgIpc) is 2.94. The summed E-state index contributed by atoms with van der Waals surface area (Å²) in [5.41, 5.74) is 1.32. The molecule has 0 spiro atoms. The van der Waals surface area contributed by atoms with Crippen molar-refractivity contribution in [2.45, 2.75) is 6.92 Å². The SMILES string of the molecule is Cc1nn/c(=N\n2c(O)c3ccccc3c2O)sc1N=Nc1ccccc1. The van der Waals surface area contributed by atoms with Crippen molar-refractivity contribution in [2.24, 2.45) is 15.3 Å². The third-order valence-electron chi connectivity index (χ3n) is 3.79. The van der Waals surface area contributed by atoms with Gasteiger partial charge in [0.05, 0.1) is 11.4 Å². The number of hydrogen-bond donors (Lipinski definition) is 2. The highest BCUT2D eigenvalue weighted by Crippen LogP contribution is 2.35. The summed E-state index contributed by atoms with van der Waals surface area (Å²) in [7, 11) is 0. The van der Waals surface area contributed by atoms with Crippen molar-refractivity contribution < 1.29 is 10.2 Å². The molecule has 0 unspecified atom stereocenters. The van der Waals surface area contributed by atoms with Crippen molar-refractivity contribution in [1.29, 1.82) is 0 Å². The molecule has 0 aliphatic carbocycles. The van der Waals surface area contributed by atoms with Gasteiger partial charge in [0, 0.05) is 10.8 Å². The van der Waals surface area contributed by atoms with Crippen LogP contribution in [-0.2, 0) is 0 Å². The minimum absolute atomic E-state index is 0.176. The largest absolute Gasteiger partial charge is 0.493 e. The van der Waals surface area contributed by atoms with Crippen LogP contribution in [0.1, 0.15) is 5.69 Å². The van der Waals surface area contributed by atoms with Crippen molar-refractivity contribution in [1.82, 2.24) is 14.9 Å². The second kappa shape index (κ2) is 6.96.